The lowest BCUT2D eigenvalue weighted by atomic mass is 10.2. The summed E-state index contributed by atoms with van der Waals surface area (Å²) in [6, 6.07) is 10.9. The number of ether oxygens (including phenoxy) is 3. The molecule has 6 heteroatoms. The van der Waals surface area contributed by atoms with Gasteiger partial charge >= 0.3 is 0 Å². The Morgan fingerprint density at radius 1 is 1.09 bits per heavy atom. The Morgan fingerprint density at radius 3 is 2.48 bits per heavy atom. The van der Waals surface area contributed by atoms with E-state index in [0.29, 0.717) is 17.2 Å². The minimum Gasteiger partial charge on any atom is -0.497 e. The van der Waals surface area contributed by atoms with Gasteiger partial charge < -0.3 is 19.5 Å². The highest BCUT2D eigenvalue weighted by Gasteiger charge is 2.18. The van der Waals surface area contributed by atoms with Crippen LogP contribution >= 0.6 is 0 Å². The smallest absolute Gasteiger partial charge is 0.265 e. The number of rotatable bonds is 6. The van der Waals surface area contributed by atoms with Crippen molar-refractivity contribution in [2.24, 2.45) is 0 Å². The second-order valence-corrected chi connectivity index (χ2v) is 4.75. The summed E-state index contributed by atoms with van der Waals surface area (Å²) in [5.74, 6) is 0.125. The van der Waals surface area contributed by atoms with Gasteiger partial charge in [0.25, 0.3) is 5.91 Å². The van der Waals surface area contributed by atoms with Gasteiger partial charge in [-0.15, -0.1) is 0 Å². The number of para-hydroxylation sites is 1. The molecule has 2 aromatic carbocycles. The first kappa shape index (κ1) is 16.6. The molecule has 1 N–H and O–H groups in total. The van der Waals surface area contributed by atoms with Crippen LogP contribution in [0.5, 0.6) is 17.2 Å². The summed E-state index contributed by atoms with van der Waals surface area (Å²) in [4.78, 5) is 12.2. The van der Waals surface area contributed by atoms with Crippen LogP contribution in [-0.2, 0) is 4.79 Å². The van der Waals surface area contributed by atoms with Crippen molar-refractivity contribution in [3.05, 3.63) is 48.3 Å². The zero-order valence-electron chi connectivity index (χ0n) is 13.1. The Bertz CT molecular complexity index is 690. The van der Waals surface area contributed by atoms with E-state index in [1.807, 2.05) is 0 Å². The van der Waals surface area contributed by atoms with E-state index in [0.717, 1.165) is 0 Å². The van der Waals surface area contributed by atoms with Crippen LogP contribution in [-0.4, -0.2) is 26.2 Å². The van der Waals surface area contributed by atoms with Gasteiger partial charge in [-0.05, 0) is 31.2 Å². The highest BCUT2D eigenvalue weighted by atomic mass is 19.1. The van der Waals surface area contributed by atoms with E-state index in [1.54, 1.807) is 30.3 Å². The first-order valence-corrected chi connectivity index (χ1v) is 6.99. The first-order valence-electron chi connectivity index (χ1n) is 6.99. The van der Waals surface area contributed by atoms with Crippen molar-refractivity contribution in [3.8, 4) is 17.2 Å². The average Bonchev–Trinajstić information content (AvgIpc) is 2.56. The van der Waals surface area contributed by atoms with Gasteiger partial charge in [-0.2, -0.15) is 0 Å². The average molecular weight is 319 g/mol. The highest BCUT2D eigenvalue weighted by Crippen LogP contribution is 2.29. The number of nitrogens with one attached hydrogen (secondary N) is 1. The largest absolute Gasteiger partial charge is 0.497 e. The van der Waals surface area contributed by atoms with Gasteiger partial charge in [0.2, 0.25) is 0 Å². The van der Waals surface area contributed by atoms with Gasteiger partial charge in [0.15, 0.2) is 17.7 Å². The van der Waals surface area contributed by atoms with E-state index in [-0.39, 0.29) is 5.75 Å². The molecule has 2 rings (SSSR count). The molecule has 0 aliphatic rings. The van der Waals surface area contributed by atoms with Crippen molar-refractivity contribution < 1.29 is 23.4 Å². The molecule has 5 nitrogen and oxygen atoms in total. The molecular formula is C17H18FNO4. The number of hydrogen-bond donors (Lipinski definition) is 1. The SMILES string of the molecule is COc1ccc(OC)c(NC(=O)C(C)Oc2ccccc2F)c1. The number of amides is 1. The standard InChI is InChI=1S/C17H18FNO4/c1-11(23-15-7-5-4-6-13(15)18)17(20)19-14-10-12(21-2)8-9-16(14)22-3/h4-11H,1-3H3,(H,19,20). The third-order valence-electron chi connectivity index (χ3n) is 3.17. The number of methoxy groups -OCH3 is 2. The van der Waals surface area contributed by atoms with E-state index in [1.165, 1.54) is 33.3 Å². The third-order valence-corrected chi connectivity index (χ3v) is 3.17. The third kappa shape index (κ3) is 4.12. The monoisotopic (exact) mass is 319 g/mol. The molecule has 1 unspecified atom stereocenters. The fourth-order valence-electron chi connectivity index (χ4n) is 1.93. The van der Waals surface area contributed by atoms with E-state index < -0.39 is 17.8 Å². The van der Waals surface area contributed by atoms with Gasteiger partial charge in [0.05, 0.1) is 19.9 Å². The number of carbonyl (C=O) groups excluding carboxylic acids is 1. The molecule has 0 saturated heterocycles. The lowest BCUT2D eigenvalue weighted by Crippen LogP contribution is -2.30. The molecule has 0 heterocycles. The lowest BCUT2D eigenvalue weighted by molar-refractivity contribution is -0.122. The Labute approximate surface area is 134 Å². The predicted octanol–water partition coefficient (Wildman–Crippen LogP) is 3.25. The van der Waals surface area contributed by atoms with E-state index >= 15 is 0 Å². The maximum atomic E-state index is 13.6. The molecule has 1 atom stereocenters. The zero-order valence-corrected chi connectivity index (χ0v) is 13.1. The Balaban J connectivity index is 2.10. The van der Waals surface area contributed by atoms with Gasteiger partial charge in [0, 0.05) is 6.07 Å². The number of halogens is 1. The molecule has 0 aromatic heterocycles. The Morgan fingerprint density at radius 2 is 1.83 bits per heavy atom. The van der Waals surface area contributed by atoms with Crippen molar-refractivity contribution in [2.45, 2.75) is 13.0 Å². The predicted molar refractivity (Wildman–Crippen MR) is 84.7 cm³/mol. The van der Waals surface area contributed by atoms with Crippen LogP contribution in [0, 0.1) is 5.82 Å². The lowest BCUT2D eigenvalue weighted by Gasteiger charge is -2.17. The summed E-state index contributed by atoms with van der Waals surface area (Å²) < 4.78 is 29.2. The van der Waals surface area contributed by atoms with Crippen LogP contribution in [0.2, 0.25) is 0 Å². The van der Waals surface area contributed by atoms with E-state index in [2.05, 4.69) is 5.32 Å². The molecule has 1 amide bonds. The first-order chi connectivity index (χ1) is 11.0. The summed E-state index contributed by atoms with van der Waals surface area (Å²) >= 11 is 0. The molecule has 0 saturated carbocycles. The van der Waals surface area contributed by atoms with Crippen LogP contribution in [0.4, 0.5) is 10.1 Å². The Kier molecular flexibility index (Phi) is 5.41. The molecule has 0 aliphatic carbocycles. The molecular weight excluding hydrogens is 301 g/mol. The quantitative estimate of drug-likeness (QED) is 0.888. The summed E-state index contributed by atoms with van der Waals surface area (Å²) in [7, 11) is 3.02. The van der Waals surface area contributed by atoms with Crippen LogP contribution in [0.1, 0.15) is 6.92 Å². The van der Waals surface area contributed by atoms with Crippen molar-refractivity contribution in [3.63, 3.8) is 0 Å². The molecule has 23 heavy (non-hydrogen) atoms. The second kappa shape index (κ2) is 7.49. The molecule has 0 radical (unpaired) electrons. The molecule has 0 aliphatic heterocycles. The topological polar surface area (TPSA) is 56.8 Å². The molecule has 0 fully saturated rings. The Hall–Kier alpha value is -2.76. The maximum Gasteiger partial charge on any atom is 0.265 e. The fourth-order valence-corrected chi connectivity index (χ4v) is 1.93. The number of carbonyl (C=O) groups is 1. The fraction of sp³-hybridized carbons (Fsp3) is 0.235. The van der Waals surface area contributed by atoms with Crippen molar-refractivity contribution >= 4 is 11.6 Å². The summed E-state index contributed by atoms with van der Waals surface area (Å²) in [5, 5.41) is 2.68. The number of hydrogen-bond acceptors (Lipinski definition) is 4. The minimum atomic E-state index is -0.886. The van der Waals surface area contributed by atoms with Crippen LogP contribution in [0.25, 0.3) is 0 Å². The second-order valence-electron chi connectivity index (χ2n) is 4.75. The summed E-state index contributed by atoms with van der Waals surface area (Å²) in [6.45, 7) is 1.54. The van der Waals surface area contributed by atoms with Crippen molar-refractivity contribution in [1.29, 1.82) is 0 Å². The van der Waals surface area contributed by atoms with Crippen LogP contribution in [0.15, 0.2) is 42.5 Å². The van der Waals surface area contributed by atoms with E-state index in [9.17, 15) is 9.18 Å². The van der Waals surface area contributed by atoms with Crippen molar-refractivity contribution in [2.75, 3.05) is 19.5 Å². The van der Waals surface area contributed by atoms with Gasteiger partial charge in [-0.25, -0.2) is 4.39 Å². The van der Waals surface area contributed by atoms with Crippen LogP contribution < -0.4 is 19.5 Å². The highest BCUT2D eigenvalue weighted by molar-refractivity contribution is 5.95. The van der Waals surface area contributed by atoms with Crippen LogP contribution in [0.3, 0.4) is 0 Å². The van der Waals surface area contributed by atoms with Gasteiger partial charge in [0.1, 0.15) is 11.5 Å². The minimum absolute atomic E-state index is 0.0211. The molecule has 0 bridgehead atoms. The van der Waals surface area contributed by atoms with Gasteiger partial charge in [-0.3, -0.25) is 4.79 Å². The number of benzene rings is 2. The maximum absolute atomic E-state index is 13.6. The van der Waals surface area contributed by atoms with Crippen molar-refractivity contribution in [1.82, 2.24) is 0 Å². The zero-order chi connectivity index (χ0) is 16.8. The van der Waals surface area contributed by atoms with Gasteiger partial charge in [-0.1, -0.05) is 12.1 Å². The molecule has 2 aromatic rings. The normalized spacial score (nSPS) is 11.5. The summed E-state index contributed by atoms with van der Waals surface area (Å²) in [6.07, 6.45) is -0.886. The summed E-state index contributed by atoms with van der Waals surface area (Å²) in [5.41, 5.74) is 0.445. The number of anilines is 1. The molecule has 0 spiro atoms. The van der Waals surface area contributed by atoms with E-state index in [4.69, 9.17) is 14.2 Å². The molecule has 122 valence electrons.